The molecule has 1 aliphatic rings. The Kier molecular flexibility index (Phi) is 8.66. The lowest BCUT2D eigenvalue weighted by atomic mass is 10.00. The Balaban J connectivity index is 1.48. The minimum absolute atomic E-state index is 0.0395. The van der Waals surface area contributed by atoms with E-state index in [4.69, 9.17) is 14.7 Å². The van der Waals surface area contributed by atoms with Crippen molar-refractivity contribution >= 4 is 17.3 Å². The Bertz CT molecular complexity index is 821. The summed E-state index contributed by atoms with van der Waals surface area (Å²) < 4.78 is 5.37. The maximum absolute atomic E-state index is 5.37. The van der Waals surface area contributed by atoms with Gasteiger partial charge in [-0.15, -0.1) is 11.3 Å². The van der Waals surface area contributed by atoms with E-state index in [0.717, 1.165) is 68.8 Å². The average Bonchev–Trinajstić information content (AvgIpc) is 3.23. The molecule has 0 bridgehead atoms. The molecule has 0 radical (unpaired) electrons. The summed E-state index contributed by atoms with van der Waals surface area (Å²) in [5.41, 5.74) is 4.04. The van der Waals surface area contributed by atoms with Crippen molar-refractivity contribution in [1.29, 1.82) is 0 Å². The third-order valence-corrected chi connectivity index (χ3v) is 6.52. The molecule has 7 heteroatoms. The van der Waals surface area contributed by atoms with Crippen LogP contribution in [-0.2, 0) is 24.2 Å². The Morgan fingerprint density at radius 1 is 1.37 bits per heavy atom. The van der Waals surface area contributed by atoms with Crippen LogP contribution < -0.4 is 5.32 Å². The number of thiazole rings is 1. The molecule has 164 valence electrons. The predicted octanol–water partition coefficient (Wildman–Crippen LogP) is 3.70. The molecule has 2 heterocycles. The number of aliphatic imine (C=N–C) groups is 1. The molecule has 1 N–H and O–H groups in total. The standard InChI is InChI=1S/C23H35N5OS/c1-5-24-23(27(3)16-21-17-30-22(26-21)18(2)29-4)25-12-8-13-28-14-11-19-9-6-7-10-20(19)15-28/h6-7,9-10,17-18H,5,8,11-16H2,1-4H3,(H,24,25). The third kappa shape index (κ3) is 6.27. The van der Waals surface area contributed by atoms with Gasteiger partial charge in [-0.2, -0.15) is 0 Å². The van der Waals surface area contributed by atoms with Gasteiger partial charge in [0.25, 0.3) is 0 Å². The van der Waals surface area contributed by atoms with Gasteiger partial charge in [-0.25, -0.2) is 4.98 Å². The number of nitrogens with zero attached hydrogens (tertiary/aromatic N) is 4. The highest BCUT2D eigenvalue weighted by molar-refractivity contribution is 7.09. The molecule has 1 atom stereocenters. The van der Waals surface area contributed by atoms with Crippen LogP contribution in [0.2, 0.25) is 0 Å². The molecule has 1 unspecified atom stereocenters. The summed E-state index contributed by atoms with van der Waals surface area (Å²) in [6, 6.07) is 8.81. The van der Waals surface area contributed by atoms with Crippen molar-refractivity contribution in [3.63, 3.8) is 0 Å². The molecule has 6 nitrogen and oxygen atoms in total. The minimum atomic E-state index is 0.0395. The third-order valence-electron chi connectivity index (χ3n) is 5.47. The van der Waals surface area contributed by atoms with Gasteiger partial charge in [0, 0.05) is 52.3 Å². The first kappa shape index (κ1) is 22.7. The molecule has 1 aliphatic heterocycles. The van der Waals surface area contributed by atoms with Gasteiger partial charge in [0.1, 0.15) is 11.1 Å². The normalized spacial score (nSPS) is 15.7. The molecule has 0 saturated heterocycles. The second-order valence-electron chi connectivity index (χ2n) is 7.80. The van der Waals surface area contributed by atoms with Crippen molar-refractivity contribution in [3.8, 4) is 0 Å². The van der Waals surface area contributed by atoms with Crippen LogP contribution in [0.1, 0.15) is 48.2 Å². The van der Waals surface area contributed by atoms with E-state index in [0.29, 0.717) is 0 Å². The van der Waals surface area contributed by atoms with E-state index < -0.39 is 0 Å². The van der Waals surface area contributed by atoms with E-state index in [2.05, 4.69) is 58.7 Å². The molecular formula is C23H35N5OS. The van der Waals surface area contributed by atoms with E-state index in [-0.39, 0.29) is 6.10 Å². The summed E-state index contributed by atoms with van der Waals surface area (Å²) >= 11 is 1.65. The van der Waals surface area contributed by atoms with Gasteiger partial charge in [0.05, 0.1) is 12.2 Å². The van der Waals surface area contributed by atoms with E-state index in [1.54, 1.807) is 18.4 Å². The number of methoxy groups -OCH3 is 1. The fourth-order valence-corrected chi connectivity index (χ4v) is 4.54. The topological polar surface area (TPSA) is 53.0 Å². The zero-order chi connectivity index (χ0) is 21.3. The van der Waals surface area contributed by atoms with Gasteiger partial charge in [-0.05, 0) is 37.8 Å². The highest BCUT2D eigenvalue weighted by atomic mass is 32.1. The molecule has 2 aromatic rings. The fraction of sp³-hybridized carbons (Fsp3) is 0.565. The summed E-state index contributed by atoms with van der Waals surface area (Å²) in [6.07, 6.45) is 2.26. The van der Waals surface area contributed by atoms with Crippen molar-refractivity contribution in [1.82, 2.24) is 20.1 Å². The number of fused-ring (bicyclic) bond motifs is 1. The molecule has 1 aromatic carbocycles. The maximum atomic E-state index is 5.37. The Labute approximate surface area is 185 Å². The number of hydrogen-bond donors (Lipinski definition) is 1. The Morgan fingerprint density at radius 3 is 2.93 bits per heavy atom. The van der Waals surface area contributed by atoms with Crippen LogP contribution in [0, 0.1) is 0 Å². The molecule has 3 rings (SSSR count). The minimum Gasteiger partial charge on any atom is -0.375 e. The lowest BCUT2D eigenvalue weighted by Gasteiger charge is -2.28. The average molecular weight is 430 g/mol. The number of aromatic nitrogens is 1. The van der Waals surface area contributed by atoms with Crippen LogP contribution >= 0.6 is 11.3 Å². The van der Waals surface area contributed by atoms with Crippen molar-refractivity contribution < 1.29 is 4.74 Å². The van der Waals surface area contributed by atoms with Gasteiger partial charge in [0.15, 0.2) is 5.96 Å². The van der Waals surface area contributed by atoms with E-state index in [1.807, 2.05) is 6.92 Å². The molecule has 0 fully saturated rings. The molecule has 1 aromatic heterocycles. The van der Waals surface area contributed by atoms with Crippen molar-refractivity contribution in [2.45, 2.75) is 45.9 Å². The van der Waals surface area contributed by atoms with Crippen LogP contribution in [0.15, 0.2) is 34.6 Å². The van der Waals surface area contributed by atoms with Gasteiger partial charge in [-0.1, -0.05) is 24.3 Å². The largest absolute Gasteiger partial charge is 0.375 e. The molecule has 0 saturated carbocycles. The maximum Gasteiger partial charge on any atom is 0.194 e. The predicted molar refractivity (Wildman–Crippen MR) is 125 cm³/mol. The first-order chi connectivity index (χ1) is 14.6. The van der Waals surface area contributed by atoms with Crippen LogP contribution in [0.3, 0.4) is 0 Å². The number of hydrogen-bond acceptors (Lipinski definition) is 5. The molecule has 30 heavy (non-hydrogen) atoms. The fourth-order valence-electron chi connectivity index (χ4n) is 3.69. The zero-order valence-corrected chi connectivity index (χ0v) is 19.5. The summed E-state index contributed by atoms with van der Waals surface area (Å²) in [4.78, 5) is 14.2. The highest BCUT2D eigenvalue weighted by Crippen LogP contribution is 2.21. The molecule has 0 aliphatic carbocycles. The number of rotatable bonds is 9. The Hall–Kier alpha value is -1.96. The number of ether oxygens (including phenoxy) is 1. The molecule has 0 amide bonds. The van der Waals surface area contributed by atoms with Gasteiger partial charge in [0.2, 0.25) is 0 Å². The van der Waals surface area contributed by atoms with Crippen LogP contribution in [0.4, 0.5) is 0 Å². The number of guanidine groups is 1. The summed E-state index contributed by atoms with van der Waals surface area (Å²) in [5.74, 6) is 0.941. The highest BCUT2D eigenvalue weighted by Gasteiger charge is 2.15. The summed E-state index contributed by atoms with van der Waals surface area (Å²) in [7, 11) is 3.79. The SMILES string of the molecule is CCNC(=NCCCN1CCc2ccccc2C1)N(C)Cc1csc(C(C)OC)n1. The van der Waals surface area contributed by atoms with Gasteiger partial charge < -0.3 is 15.0 Å². The molecule has 0 spiro atoms. The first-order valence-electron chi connectivity index (χ1n) is 10.9. The summed E-state index contributed by atoms with van der Waals surface area (Å²) in [6.45, 7) is 9.85. The smallest absolute Gasteiger partial charge is 0.194 e. The lowest BCUT2D eigenvalue weighted by Crippen LogP contribution is -2.38. The first-order valence-corrected chi connectivity index (χ1v) is 11.7. The zero-order valence-electron chi connectivity index (χ0n) is 18.7. The quantitative estimate of drug-likeness (QED) is 0.374. The second-order valence-corrected chi connectivity index (χ2v) is 8.68. The number of benzene rings is 1. The van der Waals surface area contributed by atoms with Crippen molar-refractivity contribution in [2.24, 2.45) is 4.99 Å². The Morgan fingerprint density at radius 2 is 2.17 bits per heavy atom. The van der Waals surface area contributed by atoms with Crippen LogP contribution in [0.25, 0.3) is 0 Å². The van der Waals surface area contributed by atoms with Gasteiger partial charge in [-0.3, -0.25) is 9.89 Å². The van der Waals surface area contributed by atoms with E-state index >= 15 is 0 Å². The monoisotopic (exact) mass is 429 g/mol. The molecular weight excluding hydrogens is 394 g/mol. The van der Waals surface area contributed by atoms with E-state index in [9.17, 15) is 0 Å². The summed E-state index contributed by atoms with van der Waals surface area (Å²) in [5, 5.41) is 6.54. The lowest BCUT2D eigenvalue weighted by molar-refractivity contribution is 0.119. The second kappa shape index (κ2) is 11.4. The van der Waals surface area contributed by atoms with Crippen molar-refractivity contribution in [3.05, 3.63) is 51.5 Å². The van der Waals surface area contributed by atoms with Crippen LogP contribution in [-0.4, -0.2) is 61.1 Å². The van der Waals surface area contributed by atoms with Crippen molar-refractivity contribution in [2.75, 3.05) is 40.3 Å². The number of nitrogens with one attached hydrogen (secondary N) is 1. The van der Waals surface area contributed by atoms with Gasteiger partial charge >= 0.3 is 0 Å². The van der Waals surface area contributed by atoms with Crippen LogP contribution in [0.5, 0.6) is 0 Å². The van der Waals surface area contributed by atoms with E-state index in [1.165, 1.54) is 11.1 Å².